The maximum atomic E-state index is 12.7. The molecule has 0 aliphatic heterocycles. The van der Waals surface area contributed by atoms with Crippen LogP contribution in [-0.4, -0.2) is 20.3 Å². The molecule has 2 aromatic heterocycles. The van der Waals surface area contributed by atoms with Crippen molar-refractivity contribution in [1.82, 2.24) is 14.5 Å². The topological polar surface area (TPSA) is 84.8 Å². The second kappa shape index (κ2) is 6.78. The molecule has 4 rings (SSSR count). The van der Waals surface area contributed by atoms with Gasteiger partial charge >= 0.3 is 5.69 Å². The van der Waals surface area contributed by atoms with Crippen LogP contribution in [0.3, 0.4) is 0 Å². The number of aromatic nitrogens is 3. The van der Waals surface area contributed by atoms with Crippen molar-refractivity contribution in [2.24, 2.45) is 0 Å². The van der Waals surface area contributed by atoms with Crippen LogP contribution in [0, 0.1) is 0 Å². The van der Waals surface area contributed by atoms with Gasteiger partial charge in [0.15, 0.2) is 5.78 Å². The van der Waals surface area contributed by atoms with Crippen molar-refractivity contribution < 1.29 is 4.79 Å². The molecule has 0 spiro atoms. The molecule has 1 aromatic carbocycles. The molecule has 2 heterocycles. The number of Topliss-reactive ketones (excluding diaryl/α,β-unsaturated/α-hetero) is 1. The van der Waals surface area contributed by atoms with E-state index in [4.69, 9.17) is 11.6 Å². The van der Waals surface area contributed by atoms with Gasteiger partial charge in [-0.1, -0.05) is 30.7 Å². The summed E-state index contributed by atoms with van der Waals surface area (Å²) in [5.74, 6) is -0.0861. The number of hydrogen-bond acceptors (Lipinski definition) is 4. The minimum Gasteiger partial charge on any atom is -0.294 e. The van der Waals surface area contributed by atoms with Gasteiger partial charge in [-0.3, -0.25) is 19.1 Å². The third-order valence-corrected chi connectivity index (χ3v) is 5.34. The van der Waals surface area contributed by atoms with Crippen molar-refractivity contribution >= 4 is 28.4 Å². The average Bonchev–Trinajstić information content (AvgIpc) is 2.64. The zero-order chi connectivity index (χ0) is 19.1. The summed E-state index contributed by atoms with van der Waals surface area (Å²) in [7, 11) is 0. The van der Waals surface area contributed by atoms with Crippen LogP contribution in [0.15, 0.2) is 40.1 Å². The lowest BCUT2D eigenvalue weighted by molar-refractivity contribution is 0.0964. The molecule has 7 heteroatoms. The molecular formula is C20H18ClN3O3. The maximum Gasteiger partial charge on any atom is 0.329 e. The lowest BCUT2D eigenvalue weighted by atomic mass is 9.79. The quantitative estimate of drug-likeness (QED) is 0.753. The van der Waals surface area contributed by atoms with Gasteiger partial charge in [0.2, 0.25) is 0 Å². The number of pyridine rings is 1. The normalized spacial score (nSPS) is 16.5. The Bertz CT molecular complexity index is 1160. The van der Waals surface area contributed by atoms with Gasteiger partial charge in [0.25, 0.3) is 5.56 Å². The van der Waals surface area contributed by atoms with Crippen LogP contribution in [0.25, 0.3) is 11.0 Å². The molecule has 0 saturated carbocycles. The summed E-state index contributed by atoms with van der Waals surface area (Å²) >= 11 is 5.97. The number of nitrogens with one attached hydrogen (secondary N) is 1. The van der Waals surface area contributed by atoms with E-state index in [1.807, 2.05) is 19.1 Å². The minimum atomic E-state index is -0.490. The zero-order valence-electron chi connectivity index (χ0n) is 14.8. The Morgan fingerprint density at radius 2 is 1.93 bits per heavy atom. The Balaban J connectivity index is 1.92. The zero-order valence-corrected chi connectivity index (χ0v) is 15.5. The Morgan fingerprint density at radius 3 is 2.63 bits per heavy atom. The van der Waals surface area contributed by atoms with Gasteiger partial charge in [-0.05, 0) is 42.0 Å². The molecular weight excluding hydrogens is 366 g/mol. The third kappa shape index (κ3) is 3.00. The first kappa shape index (κ1) is 17.7. The van der Waals surface area contributed by atoms with Crippen molar-refractivity contribution in [3.05, 3.63) is 73.0 Å². The van der Waals surface area contributed by atoms with Crippen LogP contribution in [0.5, 0.6) is 0 Å². The van der Waals surface area contributed by atoms with Gasteiger partial charge in [0.05, 0.1) is 5.39 Å². The first-order valence-electron chi connectivity index (χ1n) is 8.93. The number of ketones is 1. The first-order valence-corrected chi connectivity index (χ1v) is 9.30. The predicted molar refractivity (Wildman–Crippen MR) is 104 cm³/mol. The number of carbonyl (C=O) groups excluding carboxylic acids is 1. The fraction of sp³-hybridized carbons (Fsp3) is 0.300. The van der Waals surface area contributed by atoms with Gasteiger partial charge in [-0.2, -0.15) is 0 Å². The third-order valence-electron chi connectivity index (χ3n) is 5.09. The standard InChI is InChI=1S/C20H18ClN3O3/c1-2-7-24-18-17(19(26)23-20(24)27)14-8-12(9-16(25)15(14)10-22-18)11-3-5-13(21)6-4-11/h3-6,10,12H,2,7-9H2,1H3,(H,23,26,27)/t12-/m0/s1. The monoisotopic (exact) mass is 383 g/mol. The number of hydrogen-bond donors (Lipinski definition) is 1. The average molecular weight is 384 g/mol. The van der Waals surface area contributed by atoms with E-state index in [2.05, 4.69) is 9.97 Å². The molecule has 6 nitrogen and oxygen atoms in total. The molecule has 1 aliphatic rings. The maximum absolute atomic E-state index is 12.7. The van der Waals surface area contributed by atoms with Crippen molar-refractivity contribution in [2.75, 3.05) is 0 Å². The van der Waals surface area contributed by atoms with Crippen LogP contribution in [0.2, 0.25) is 5.02 Å². The van der Waals surface area contributed by atoms with E-state index in [1.54, 1.807) is 12.1 Å². The molecule has 0 fully saturated rings. The van der Waals surface area contributed by atoms with E-state index in [0.29, 0.717) is 46.6 Å². The fourth-order valence-electron chi connectivity index (χ4n) is 3.81. The van der Waals surface area contributed by atoms with Gasteiger partial charge in [0, 0.05) is 29.7 Å². The fourth-order valence-corrected chi connectivity index (χ4v) is 3.94. The van der Waals surface area contributed by atoms with Crippen LogP contribution < -0.4 is 11.2 Å². The summed E-state index contributed by atoms with van der Waals surface area (Å²) in [4.78, 5) is 44.2. The highest BCUT2D eigenvalue weighted by molar-refractivity contribution is 6.30. The second-order valence-corrected chi connectivity index (χ2v) is 7.28. The molecule has 0 unspecified atom stereocenters. The Kier molecular flexibility index (Phi) is 4.44. The molecule has 0 amide bonds. The Labute approximate surface area is 159 Å². The molecule has 1 atom stereocenters. The van der Waals surface area contributed by atoms with Crippen LogP contribution >= 0.6 is 11.6 Å². The number of halogens is 1. The highest BCUT2D eigenvalue weighted by atomic mass is 35.5. The molecule has 0 bridgehead atoms. The van der Waals surface area contributed by atoms with E-state index < -0.39 is 11.2 Å². The number of aryl methyl sites for hydroxylation is 1. The van der Waals surface area contributed by atoms with Gasteiger partial charge < -0.3 is 0 Å². The van der Waals surface area contributed by atoms with E-state index in [9.17, 15) is 14.4 Å². The Morgan fingerprint density at radius 1 is 1.19 bits per heavy atom. The second-order valence-electron chi connectivity index (χ2n) is 6.84. The molecule has 1 aliphatic carbocycles. The van der Waals surface area contributed by atoms with Crippen molar-refractivity contribution in [3.63, 3.8) is 0 Å². The number of rotatable bonds is 3. The van der Waals surface area contributed by atoms with Crippen molar-refractivity contribution in [3.8, 4) is 0 Å². The smallest absolute Gasteiger partial charge is 0.294 e. The number of H-pyrrole nitrogens is 1. The van der Waals surface area contributed by atoms with Gasteiger partial charge in [0.1, 0.15) is 5.65 Å². The summed E-state index contributed by atoms with van der Waals surface area (Å²) in [5, 5.41) is 0.975. The summed E-state index contributed by atoms with van der Waals surface area (Å²) in [5.41, 5.74) is 1.52. The molecule has 27 heavy (non-hydrogen) atoms. The number of aromatic amines is 1. The number of benzene rings is 1. The van der Waals surface area contributed by atoms with Crippen LogP contribution in [0.4, 0.5) is 0 Å². The lowest BCUT2D eigenvalue weighted by Gasteiger charge is -2.25. The molecule has 0 radical (unpaired) electrons. The summed E-state index contributed by atoms with van der Waals surface area (Å²) in [6.07, 6.45) is 3.12. The summed E-state index contributed by atoms with van der Waals surface area (Å²) in [6, 6.07) is 7.41. The van der Waals surface area contributed by atoms with E-state index in [-0.39, 0.29) is 11.7 Å². The molecule has 138 valence electrons. The van der Waals surface area contributed by atoms with Crippen LogP contribution in [-0.2, 0) is 13.0 Å². The number of nitrogens with zero attached hydrogens (tertiary/aromatic N) is 2. The van der Waals surface area contributed by atoms with E-state index in [1.165, 1.54) is 10.8 Å². The Hall–Kier alpha value is -2.73. The predicted octanol–water partition coefficient (Wildman–Crippen LogP) is 3.06. The van der Waals surface area contributed by atoms with E-state index in [0.717, 1.165) is 12.0 Å². The lowest BCUT2D eigenvalue weighted by Crippen LogP contribution is -2.33. The molecule has 3 aromatic rings. The summed E-state index contributed by atoms with van der Waals surface area (Å²) in [6.45, 7) is 2.40. The number of carbonyl (C=O) groups is 1. The van der Waals surface area contributed by atoms with E-state index >= 15 is 0 Å². The SMILES string of the molecule is CCCn1c(=O)[nH]c(=O)c2c3c(cnc21)C(=O)C[C@@H](c1ccc(Cl)cc1)C3. The molecule has 1 N–H and O–H groups in total. The molecule has 0 saturated heterocycles. The highest BCUT2D eigenvalue weighted by Crippen LogP contribution is 2.35. The van der Waals surface area contributed by atoms with Crippen LogP contribution in [0.1, 0.15) is 47.2 Å². The largest absolute Gasteiger partial charge is 0.329 e. The minimum absolute atomic E-state index is 0.0428. The number of fused-ring (bicyclic) bond motifs is 3. The highest BCUT2D eigenvalue weighted by Gasteiger charge is 2.29. The van der Waals surface area contributed by atoms with Crippen molar-refractivity contribution in [1.29, 1.82) is 0 Å². The van der Waals surface area contributed by atoms with Crippen molar-refractivity contribution in [2.45, 2.75) is 38.6 Å². The van der Waals surface area contributed by atoms with Gasteiger partial charge in [-0.25, -0.2) is 9.78 Å². The summed E-state index contributed by atoms with van der Waals surface area (Å²) < 4.78 is 1.47. The first-order chi connectivity index (χ1) is 13.0. The van der Waals surface area contributed by atoms with Gasteiger partial charge in [-0.15, -0.1) is 0 Å².